The number of rotatable bonds is 12. The molecule has 0 bridgehead atoms. The second-order valence-electron chi connectivity index (χ2n) is 9.78. The van der Waals surface area contributed by atoms with E-state index < -0.39 is 33.0 Å². The Kier molecular flexibility index (Phi) is 9.81. The quantitative estimate of drug-likeness (QED) is 0.100. The van der Waals surface area contributed by atoms with Gasteiger partial charge in [0.25, 0.3) is 10.1 Å². The number of aromatic nitrogens is 2. The van der Waals surface area contributed by atoms with Crippen LogP contribution in [0.5, 0.6) is 11.5 Å². The van der Waals surface area contributed by atoms with Crippen LogP contribution >= 0.6 is 23.4 Å². The molecule has 0 unspecified atom stereocenters. The first kappa shape index (κ1) is 31.7. The minimum absolute atomic E-state index is 0.0971. The van der Waals surface area contributed by atoms with E-state index in [0.29, 0.717) is 32.9 Å². The van der Waals surface area contributed by atoms with Crippen LogP contribution in [0.4, 0.5) is 13.2 Å². The highest BCUT2D eigenvalue weighted by atomic mass is 35.5. The highest BCUT2D eigenvalue weighted by Crippen LogP contribution is 2.41. The van der Waals surface area contributed by atoms with Crippen LogP contribution in [0.25, 0.3) is 11.3 Å². The molecule has 224 valence electrons. The summed E-state index contributed by atoms with van der Waals surface area (Å²) in [6.45, 7) is 3.44. The average molecular weight is 641 g/mol. The summed E-state index contributed by atoms with van der Waals surface area (Å²) >= 11 is 7.33. The highest BCUT2D eigenvalue weighted by Gasteiger charge is 2.31. The van der Waals surface area contributed by atoms with Crippen LogP contribution < -0.4 is 9.47 Å². The van der Waals surface area contributed by atoms with E-state index in [2.05, 4.69) is 9.17 Å². The molecule has 7 nitrogen and oxygen atoms in total. The van der Waals surface area contributed by atoms with Gasteiger partial charge in [0.1, 0.15) is 42.2 Å². The summed E-state index contributed by atoms with van der Waals surface area (Å²) in [5.74, 6) is -1.76. The maximum Gasteiger partial charge on any atom is 0.264 e. The van der Waals surface area contributed by atoms with Crippen molar-refractivity contribution in [1.82, 2.24) is 9.97 Å². The zero-order chi connectivity index (χ0) is 30.7. The van der Waals surface area contributed by atoms with Gasteiger partial charge >= 0.3 is 0 Å². The summed E-state index contributed by atoms with van der Waals surface area (Å²) in [6, 6.07) is 13.4. The van der Waals surface area contributed by atoms with Crippen LogP contribution in [0.15, 0.2) is 59.8 Å². The van der Waals surface area contributed by atoms with Crippen molar-refractivity contribution in [2.75, 3.05) is 26.6 Å². The van der Waals surface area contributed by atoms with Gasteiger partial charge in [-0.1, -0.05) is 43.3 Å². The molecule has 13 heteroatoms. The maximum absolute atomic E-state index is 14.9. The molecular formula is C29H28ClF3N2O5S2. The summed E-state index contributed by atoms with van der Waals surface area (Å²) in [4.78, 5) is 8.02. The highest BCUT2D eigenvalue weighted by molar-refractivity contribution is 7.98. The summed E-state index contributed by atoms with van der Waals surface area (Å²) < 4.78 is 80.7. The third kappa shape index (κ3) is 7.60. The van der Waals surface area contributed by atoms with Crippen LogP contribution in [0.1, 0.15) is 30.7 Å². The van der Waals surface area contributed by atoms with Crippen molar-refractivity contribution in [3.63, 3.8) is 0 Å². The monoisotopic (exact) mass is 640 g/mol. The number of methoxy groups -OCH3 is 1. The van der Waals surface area contributed by atoms with E-state index in [4.69, 9.17) is 26.1 Å². The Labute approximate surface area is 251 Å². The second kappa shape index (κ2) is 13.0. The van der Waals surface area contributed by atoms with Gasteiger partial charge < -0.3 is 14.5 Å². The Balaban J connectivity index is 1.61. The van der Waals surface area contributed by atoms with Gasteiger partial charge in [0.2, 0.25) is 0 Å². The number of nitrogens with zero attached hydrogens (tertiary/aromatic N) is 1. The van der Waals surface area contributed by atoms with E-state index >= 15 is 0 Å². The molecule has 0 saturated carbocycles. The fourth-order valence-electron chi connectivity index (χ4n) is 4.17. The number of halogens is 4. The summed E-state index contributed by atoms with van der Waals surface area (Å²) in [5.41, 5.74) is 1.91. The zero-order valence-corrected chi connectivity index (χ0v) is 25.5. The standard InChI is InChI=1S/C29H28ClF3N2O5S2/c1-29(2,18-7-10-22(30)25(13-18)38-3)27-26(17-5-8-19(31)9-6-17)34-28(35-27)41-16-21-23(32)14-20(15-24(21)33)39-11-12-40-42(4,36)37/h5-10,13-15H,11-12,16H2,1-4H3,(H,34,35). The van der Waals surface area contributed by atoms with E-state index in [9.17, 15) is 21.6 Å². The van der Waals surface area contributed by atoms with E-state index in [0.717, 1.165) is 35.7 Å². The van der Waals surface area contributed by atoms with Crippen molar-refractivity contribution in [3.8, 4) is 22.8 Å². The molecule has 0 radical (unpaired) electrons. The van der Waals surface area contributed by atoms with Crippen LogP contribution in [-0.4, -0.2) is 45.0 Å². The van der Waals surface area contributed by atoms with Crippen molar-refractivity contribution >= 4 is 33.5 Å². The lowest BCUT2D eigenvalue weighted by molar-refractivity contribution is 0.221. The number of H-pyrrole nitrogens is 1. The Bertz CT molecular complexity index is 1660. The second-order valence-corrected chi connectivity index (χ2v) is 12.8. The topological polar surface area (TPSA) is 90.5 Å². The molecule has 42 heavy (non-hydrogen) atoms. The van der Waals surface area contributed by atoms with Gasteiger partial charge in [-0.2, -0.15) is 8.42 Å². The molecule has 1 N–H and O–H groups in total. The Morgan fingerprint density at radius 3 is 2.29 bits per heavy atom. The van der Waals surface area contributed by atoms with Crippen molar-refractivity contribution in [1.29, 1.82) is 0 Å². The first-order valence-corrected chi connectivity index (χ1v) is 15.7. The van der Waals surface area contributed by atoms with Gasteiger partial charge in [-0.15, -0.1) is 0 Å². The van der Waals surface area contributed by atoms with Crippen molar-refractivity contribution in [2.24, 2.45) is 0 Å². The number of benzene rings is 3. The van der Waals surface area contributed by atoms with Crippen LogP contribution in [0.2, 0.25) is 5.02 Å². The third-order valence-electron chi connectivity index (χ3n) is 6.41. The molecule has 0 amide bonds. The van der Waals surface area contributed by atoms with Crippen LogP contribution in [0.3, 0.4) is 0 Å². The summed E-state index contributed by atoms with van der Waals surface area (Å²) in [5, 5.41) is 0.856. The number of hydrogen-bond donors (Lipinski definition) is 1. The van der Waals surface area contributed by atoms with Gasteiger partial charge in [-0.25, -0.2) is 18.2 Å². The van der Waals surface area contributed by atoms with Gasteiger partial charge in [0.05, 0.1) is 29.8 Å². The fraction of sp³-hybridized carbons (Fsp3) is 0.276. The predicted molar refractivity (Wildman–Crippen MR) is 156 cm³/mol. The lowest BCUT2D eigenvalue weighted by Crippen LogP contribution is -2.20. The number of thioether (sulfide) groups is 1. The molecule has 0 aliphatic carbocycles. The number of nitrogens with one attached hydrogen (secondary N) is 1. The van der Waals surface area contributed by atoms with Crippen molar-refractivity contribution in [3.05, 3.63) is 93.9 Å². The van der Waals surface area contributed by atoms with Crippen molar-refractivity contribution < 1.29 is 35.2 Å². The zero-order valence-electron chi connectivity index (χ0n) is 23.1. The maximum atomic E-state index is 14.9. The summed E-state index contributed by atoms with van der Waals surface area (Å²) in [7, 11) is -2.13. The van der Waals surface area contributed by atoms with Gasteiger partial charge in [0, 0.05) is 34.4 Å². The van der Waals surface area contributed by atoms with E-state index in [1.165, 1.54) is 19.2 Å². The smallest absolute Gasteiger partial charge is 0.264 e. The lowest BCUT2D eigenvalue weighted by Gasteiger charge is -2.26. The number of hydrogen-bond acceptors (Lipinski definition) is 7. The van der Waals surface area contributed by atoms with E-state index in [1.807, 2.05) is 26.0 Å². The molecular weight excluding hydrogens is 613 g/mol. The van der Waals surface area contributed by atoms with E-state index in [1.54, 1.807) is 18.2 Å². The number of imidazole rings is 1. The predicted octanol–water partition coefficient (Wildman–Crippen LogP) is 7.13. The molecule has 0 atom stereocenters. The number of aromatic amines is 1. The van der Waals surface area contributed by atoms with Crippen LogP contribution in [0, 0.1) is 17.5 Å². The fourth-order valence-corrected chi connectivity index (χ4v) is 5.62. The molecule has 0 spiro atoms. The minimum Gasteiger partial charge on any atom is -0.495 e. The largest absolute Gasteiger partial charge is 0.495 e. The molecule has 3 aromatic carbocycles. The Morgan fingerprint density at radius 1 is 1.00 bits per heavy atom. The molecule has 1 aromatic heterocycles. The van der Waals surface area contributed by atoms with Crippen LogP contribution in [-0.2, 0) is 25.5 Å². The molecule has 4 aromatic rings. The Morgan fingerprint density at radius 2 is 1.67 bits per heavy atom. The molecule has 1 heterocycles. The lowest BCUT2D eigenvalue weighted by atomic mass is 9.79. The number of ether oxygens (including phenoxy) is 2. The normalized spacial score (nSPS) is 12.0. The molecule has 0 aliphatic rings. The van der Waals surface area contributed by atoms with Gasteiger partial charge in [-0.05, 0) is 42.0 Å². The van der Waals surface area contributed by atoms with E-state index in [-0.39, 0.29) is 30.3 Å². The first-order chi connectivity index (χ1) is 19.8. The summed E-state index contributed by atoms with van der Waals surface area (Å²) in [6.07, 6.45) is 0.888. The first-order valence-electron chi connectivity index (χ1n) is 12.6. The molecule has 0 aliphatic heterocycles. The van der Waals surface area contributed by atoms with Gasteiger partial charge in [-0.3, -0.25) is 4.18 Å². The Hall–Kier alpha value is -3.19. The van der Waals surface area contributed by atoms with Crippen molar-refractivity contribution in [2.45, 2.75) is 30.2 Å². The molecule has 0 fully saturated rings. The molecule has 0 saturated heterocycles. The molecule has 4 rings (SSSR count). The minimum atomic E-state index is -3.65. The van der Waals surface area contributed by atoms with Gasteiger partial charge in [0.15, 0.2) is 5.16 Å². The third-order valence-corrected chi connectivity index (χ3v) is 8.22. The average Bonchev–Trinajstić information content (AvgIpc) is 3.36. The SMILES string of the molecule is COc1cc(C(C)(C)c2[nH]c(SCc3c(F)cc(OCCOS(C)(=O)=O)cc3F)nc2-c2ccc(F)cc2)ccc1Cl.